The maximum Gasteiger partial charge on any atom is 0.416 e. The van der Waals surface area contributed by atoms with Crippen LogP contribution in [0.3, 0.4) is 0 Å². The third kappa shape index (κ3) is 5.14. The number of halogens is 3. The van der Waals surface area contributed by atoms with Crippen molar-refractivity contribution >= 4 is 17.7 Å². The Kier molecular flexibility index (Phi) is 6.79. The summed E-state index contributed by atoms with van der Waals surface area (Å²) in [5.41, 5.74) is 0.384. The normalized spacial score (nSPS) is 14.2. The molecule has 12 heteroatoms. The SMILES string of the molecule is O=C(c1coc(CSc2nnc(-c3ccccc3)n2-c2cccc(C(F)(F)F)c2)n1)N1CCOCC1. The highest BCUT2D eigenvalue weighted by Crippen LogP contribution is 2.34. The molecule has 1 fully saturated rings. The number of oxazole rings is 1. The number of amides is 1. The standard InChI is InChI=1S/C24H20F3N5O3S/c25-24(26,27)17-7-4-8-18(13-17)32-21(16-5-2-1-3-6-16)29-30-23(32)36-15-20-28-19(14-35-20)22(33)31-9-11-34-12-10-31/h1-8,13-14H,9-12,15H2. The Balaban J connectivity index is 1.42. The fraction of sp³-hybridized carbons (Fsp3) is 0.250. The predicted octanol–water partition coefficient (Wildman–Crippen LogP) is 4.71. The number of aromatic nitrogens is 4. The topological polar surface area (TPSA) is 86.3 Å². The number of carbonyl (C=O) groups is 1. The maximum absolute atomic E-state index is 13.4. The lowest BCUT2D eigenvalue weighted by Gasteiger charge is -2.25. The van der Waals surface area contributed by atoms with Crippen molar-refractivity contribution in [2.24, 2.45) is 0 Å². The van der Waals surface area contributed by atoms with Crippen molar-refractivity contribution < 1.29 is 27.1 Å². The number of nitrogens with zero attached hydrogens (tertiary/aromatic N) is 5. The van der Waals surface area contributed by atoms with Crippen molar-refractivity contribution in [2.45, 2.75) is 17.1 Å². The van der Waals surface area contributed by atoms with Crippen LogP contribution in [-0.2, 0) is 16.7 Å². The zero-order valence-electron chi connectivity index (χ0n) is 18.8. The first-order valence-corrected chi connectivity index (χ1v) is 12.0. The minimum Gasteiger partial charge on any atom is -0.447 e. The van der Waals surface area contributed by atoms with Crippen LogP contribution in [0.5, 0.6) is 0 Å². The molecule has 36 heavy (non-hydrogen) atoms. The Labute approximate surface area is 208 Å². The number of ether oxygens (including phenoxy) is 1. The van der Waals surface area contributed by atoms with Crippen molar-refractivity contribution in [2.75, 3.05) is 26.3 Å². The van der Waals surface area contributed by atoms with Gasteiger partial charge in [-0.05, 0) is 18.2 Å². The number of thioether (sulfide) groups is 1. The van der Waals surface area contributed by atoms with Crippen molar-refractivity contribution in [3.8, 4) is 17.1 Å². The highest BCUT2D eigenvalue weighted by Gasteiger charge is 2.31. The molecule has 1 amide bonds. The van der Waals surface area contributed by atoms with Crippen molar-refractivity contribution in [3.05, 3.63) is 78.0 Å². The zero-order valence-corrected chi connectivity index (χ0v) is 19.6. The van der Waals surface area contributed by atoms with E-state index in [4.69, 9.17) is 9.15 Å². The maximum atomic E-state index is 13.4. The molecular formula is C24H20F3N5O3S. The van der Waals surface area contributed by atoms with Gasteiger partial charge in [0.05, 0.1) is 30.2 Å². The van der Waals surface area contributed by atoms with E-state index in [0.29, 0.717) is 42.8 Å². The van der Waals surface area contributed by atoms with Crippen LogP contribution in [0, 0.1) is 0 Å². The van der Waals surface area contributed by atoms with Crippen LogP contribution >= 0.6 is 11.8 Å². The van der Waals surface area contributed by atoms with Gasteiger partial charge in [-0.25, -0.2) is 4.98 Å². The highest BCUT2D eigenvalue weighted by atomic mass is 32.2. The molecule has 0 aliphatic carbocycles. The quantitative estimate of drug-likeness (QED) is 0.344. The molecular weight excluding hydrogens is 495 g/mol. The number of benzene rings is 2. The van der Waals surface area contributed by atoms with Gasteiger partial charge in [-0.1, -0.05) is 48.2 Å². The Morgan fingerprint density at radius 1 is 1.03 bits per heavy atom. The number of carbonyl (C=O) groups excluding carboxylic acids is 1. The minimum absolute atomic E-state index is 0.191. The number of hydrogen-bond donors (Lipinski definition) is 0. The molecule has 0 N–H and O–H groups in total. The lowest BCUT2D eigenvalue weighted by molar-refractivity contribution is -0.137. The van der Waals surface area contributed by atoms with Gasteiger partial charge in [-0.3, -0.25) is 9.36 Å². The molecule has 0 radical (unpaired) electrons. The second-order valence-corrected chi connectivity index (χ2v) is 8.82. The number of alkyl halides is 3. The first-order valence-electron chi connectivity index (χ1n) is 11.0. The molecule has 0 spiro atoms. The molecule has 3 heterocycles. The molecule has 1 saturated heterocycles. The van der Waals surface area contributed by atoms with Gasteiger partial charge in [0.15, 0.2) is 16.7 Å². The van der Waals surface area contributed by atoms with Crippen molar-refractivity contribution in [3.63, 3.8) is 0 Å². The van der Waals surface area contributed by atoms with Gasteiger partial charge in [0.2, 0.25) is 5.89 Å². The summed E-state index contributed by atoms with van der Waals surface area (Å²) in [6.45, 7) is 1.92. The van der Waals surface area contributed by atoms with Crippen molar-refractivity contribution in [1.29, 1.82) is 0 Å². The van der Waals surface area contributed by atoms with Gasteiger partial charge in [-0.2, -0.15) is 13.2 Å². The average molecular weight is 516 g/mol. The smallest absolute Gasteiger partial charge is 0.416 e. The lowest BCUT2D eigenvalue weighted by atomic mass is 10.1. The third-order valence-corrected chi connectivity index (χ3v) is 6.40. The predicted molar refractivity (Wildman–Crippen MR) is 125 cm³/mol. The monoisotopic (exact) mass is 515 g/mol. The van der Waals surface area contributed by atoms with Crippen LogP contribution in [0.15, 0.2) is 70.4 Å². The largest absolute Gasteiger partial charge is 0.447 e. The molecule has 2 aromatic carbocycles. The second kappa shape index (κ2) is 10.2. The van der Waals surface area contributed by atoms with E-state index in [9.17, 15) is 18.0 Å². The minimum atomic E-state index is -4.49. The summed E-state index contributed by atoms with van der Waals surface area (Å²) >= 11 is 1.19. The molecule has 0 bridgehead atoms. The molecule has 186 valence electrons. The summed E-state index contributed by atoms with van der Waals surface area (Å²) in [5.74, 6) is 0.642. The summed E-state index contributed by atoms with van der Waals surface area (Å²) < 4.78 is 52.5. The Morgan fingerprint density at radius 2 is 1.81 bits per heavy atom. The molecule has 5 rings (SSSR count). The Morgan fingerprint density at radius 3 is 2.56 bits per heavy atom. The van der Waals surface area contributed by atoms with E-state index in [-0.39, 0.29) is 28.9 Å². The van der Waals surface area contributed by atoms with E-state index >= 15 is 0 Å². The number of rotatable bonds is 6. The van der Waals surface area contributed by atoms with Gasteiger partial charge in [-0.15, -0.1) is 10.2 Å². The van der Waals surface area contributed by atoms with Gasteiger partial charge >= 0.3 is 6.18 Å². The second-order valence-electron chi connectivity index (χ2n) is 7.88. The summed E-state index contributed by atoms with van der Waals surface area (Å²) in [5, 5.41) is 8.83. The molecule has 1 aliphatic rings. The summed E-state index contributed by atoms with van der Waals surface area (Å²) in [4.78, 5) is 18.6. The van der Waals surface area contributed by atoms with Crippen molar-refractivity contribution in [1.82, 2.24) is 24.6 Å². The summed E-state index contributed by atoms with van der Waals surface area (Å²) in [6, 6.07) is 14.1. The molecule has 2 aromatic heterocycles. The van der Waals surface area contributed by atoms with Gasteiger partial charge in [0.1, 0.15) is 6.26 Å². The van der Waals surface area contributed by atoms with Crippen LogP contribution in [-0.4, -0.2) is 56.9 Å². The van der Waals surface area contributed by atoms with Crippen LogP contribution < -0.4 is 0 Å². The fourth-order valence-electron chi connectivity index (χ4n) is 3.72. The lowest BCUT2D eigenvalue weighted by Crippen LogP contribution is -2.40. The first kappa shape index (κ1) is 24.1. The molecule has 0 atom stereocenters. The number of hydrogen-bond acceptors (Lipinski definition) is 7. The number of morpholine rings is 1. The average Bonchev–Trinajstić information content (AvgIpc) is 3.55. The van der Waals surface area contributed by atoms with Crippen LogP contribution in [0.2, 0.25) is 0 Å². The molecule has 0 saturated carbocycles. The van der Waals surface area contributed by atoms with Crippen LogP contribution in [0.1, 0.15) is 21.9 Å². The molecule has 4 aromatic rings. The van der Waals surface area contributed by atoms with Crippen LogP contribution in [0.25, 0.3) is 17.1 Å². The van der Waals surface area contributed by atoms with Gasteiger partial charge in [0, 0.05) is 18.7 Å². The fourth-order valence-corrected chi connectivity index (χ4v) is 4.53. The molecule has 1 aliphatic heterocycles. The highest BCUT2D eigenvalue weighted by molar-refractivity contribution is 7.98. The van der Waals surface area contributed by atoms with E-state index in [1.165, 1.54) is 24.1 Å². The van der Waals surface area contributed by atoms with E-state index in [1.54, 1.807) is 27.7 Å². The van der Waals surface area contributed by atoms with E-state index in [0.717, 1.165) is 12.1 Å². The molecule has 8 nitrogen and oxygen atoms in total. The summed E-state index contributed by atoms with van der Waals surface area (Å²) in [6.07, 6.45) is -3.19. The third-order valence-electron chi connectivity index (χ3n) is 5.49. The van der Waals surface area contributed by atoms with Gasteiger partial charge in [0.25, 0.3) is 5.91 Å². The van der Waals surface area contributed by atoms with Gasteiger partial charge < -0.3 is 14.1 Å². The Hall–Kier alpha value is -3.64. The molecule has 0 unspecified atom stereocenters. The first-order chi connectivity index (χ1) is 17.4. The summed E-state index contributed by atoms with van der Waals surface area (Å²) in [7, 11) is 0. The van der Waals surface area contributed by atoms with E-state index in [2.05, 4.69) is 15.2 Å². The van der Waals surface area contributed by atoms with E-state index in [1.807, 2.05) is 18.2 Å². The zero-order chi connectivity index (χ0) is 25.1. The van der Waals surface area contributed by atoms with E-state index < -0.39 is 11.7 Å². The van der Waals surface area contributed by atoms with Crippen LogP contribution in [0.4, 0.5) is 13.2 Å². The Bertz CT molecular complexity index is 1350.